The summed E-state index contributed by atoms with van der Waals surface area (Å²) < 4.78 is 0. The average molecular weight is 172 g/mol. The molecule has 0 bridgehead atoms. The van der Waals surface area contributed by atoms with Crippen molar-refractivity contribution in [1.29, 1.82) is 0 Å². The molecule has 0 aromatic carbocycles. The van der Waals surface area contributed by atoms with E-state index in [1.54, 1.807) is 20.8 Å². The molecule has 0 spiro atoms. The van der Waals surface area contributed by atoms with Gasteiger partial charge in [0.15, 0.2) is 0 Å². The highest BCUT2D eigenvalue weighted by molar-refractivity contribution is 5.90. The molecule has 0 saturated heterocycles. The first-order valence-corrected chi connectivity index (χ1v) is 3.66. The van der Waals surface area contributed by atoms with Crippen LogP contribution < -0.4 is 10.2 Å². The molecule has 12 heavy (non-hydrogen) atoms. The normalized spacial score (nSPS) is 11.7. The van der Waals surface area contributed by atoms with Gasteiger partial charge in [0.05, 0.1) is 11.9 Å². The van der Waals surface area contributed by atoms with E-state index in [4.69, 9.17) is 0 Å². The number of carbonyl (C=O) groups is 2. The lowest BCUT2D eigenvalue weighted by atomic mass is 9.85. The summed E-state index contributed by atoms with van der Waals surface area (Å²) in [5.74, 6) is -4.67. The minimum atomic E-state index is -1.58. The van der Waals surface area contributed by atoms with Crippen molar-refractivity contribution >= 4 is 11.9 Å². The SMILES string of the molecule is CC(C)(C)CC(C(=O)[O-])C(=O)[O-]. The van der Waals surface area contributed by atoms with Gasteiger partial charge in [-0.1, -0.05) is 20.8 Å². The Morgan fingerprint density at radius 3 is 1.58 bits per heavy atom. The van der Waals surface area contributed by atoms with Gasteiger partial charge in [-0.05, 0) is 11.8 Å². The quantitative estimate of drug-likeness (QED) is 0.487. The Bertz CT molecular complexity index is 176. The summed E-state index contributed by atoms with van der Waals surface area (Å²) >= 11 is 0. The predicted octanol–water partition coefficient (Wildman–Crippen LogP) is -1.46. The van der Waals surface area contributed by atoms with Crippen molar-refractivity contribution in [3.8, 4) is 0 Å². The van der Waals surface area contributed by atoms with Crippen LogP contribution in [-0.4, -0.2) is 11.9 Å². The lowest BCUT2D eigenvalue weighted by Gasteiger charge is -2.27. The van der Waals surface area contributed by atoms with Crippen molar-refractivity contribution in [2.45, 2.75) is 27.2 Å². The Kier molecular flexibility index (Phi) is 3.24. The highest BCUT2D eigenvalue weighted by Crippen LogP contribution is 2.23. The maximum absolute atomic E-state index is 10.3. The lowest BCUT2D eigenvalue weighted by Crippen LogP contribution is -2.44. The Balaban J connectivity index is 4.35. The number of carboxylic acid groups (broad SMARTS) is 2. The molecule has 0 aliphatic rings. The van der Waals surface area contributed by atoms with Gasteiger partial charge in [-0.2, -0.15) is 0 Å². The fourth-order valence-electron chi connectivity index (χ4n) is 0.875. The van der Waals surface area contributed by atoms with Crippen LogP contribution in [0.25, 0.3) is 0 Å². The molecule has 4 heteroatoms. The molecule has 0 radical (unpaired) electrons. The molecule has 0 heterocycles. The molecule has 0 aliphatic heterocycles. The summed E-state index contributed by atoms with van der Waals surface area (Å²) in [6.45, 7) is 5.27. The van der Waals surface area contributed by atoms with Crippen molar-refractivity contribution in [2.24, 2.45) is 11.3 Å². The second-order valence-corrected chi connectivity index (χ2v) is 3.96. The molecule has 0 rings (SSSR count). The van der Waals surface area contributed by atoms with Crippen molar-refractivity contribution in [3.63, 3.8) is 0 Å². The van der Waals surface area contributed by atoms with Crippen molar-refractivity contribution in [2.75, 3.05) is 0 Å². The largest absolute Gasteiger partial charge is 0.549 e. The fourth-order valence-corrected chi connectivity index (χ4v) is 0.875. The molecular formula is C8H12O4-2. The van der Waals surface area contributed by atoms with E-state index in [2.05, 4.69) is 0 Å². The summed E-state index contributed by atoms with van der Waals surface area (Å²) in [4.78, 5) is 20.6. The van der Waals surface area contributed by atoms with E-state index in [0.717, 1.165) is 0 Å². The minimum absolute atomic E-state index is 0.0255. The summed E-state index contributed by atoms with van der Waals surface area (Å²) in [5.41, 5.74) is -0.356. The van der Waals surface area contributed by atoms with E-state index in [1.165, 1.54) is 0 Å². The topological polar surface area (TPSA) is 80.3 Å². The number of carboxylic acids is 2. The van der Waals surface area contributed by atoms with Gasteiger partial charge in [-0.25, -0.2) is 0 Å². The van der Waals surface area contributed by atoms with E-state index in [9.17, 15) is 19.8 Å². The predicted molar refractivity (Wildman–Crippen MR) is 37.6 cm³/mol. The number of aliphatic carboxylic acids is 2. The van der Waals surface area contributed by atoms with Crippen molar-refractivity contribution in [3.05, 3.63) is 0 Å². The third-order valence-electron chi connectivity index (χ3n) is 1.39. The van der Waals surface area contributed by atoms with Crippen molar-refractivity contribution < 1.29 is 19.8 Å². The van der Waals surface area contributed by atoms with E-state index in [-0.39, 0.29) is 11.8 Å². The fraction of sp³-hybridized carbons (Fsp3) is 0.750. The Hall–Kier alpha value is -1.06. The van der Waals surface area contributed by atoms with E-state index in [1.807, 2.05) is 0 Å². The third kappa shape index (κ3) is 3.95. The molecule has 4 nitrogen and oxygen atoms in total. The first kappa shape index (κ1) is 10.9. The zero-order valence-electron chi connectivity index (χ0n) is 7.42. The van der Waals surface area contributed by atoms with Crippen LogP contribution >= 0.6 is 0 Å². The average Bonchev–Trinajstić information content (AvgIpc) is 1.79. The molecule has 0 aromatic heterocycles. The van der Waals surface area contributed by atoms with E-state index < -0.39 is 17.9 Å². The van der Waals surface area contributed by atoms with Crippen LogP contribution in [0.4, 0.5) is 0 Å². The van der Waals surface area contributed by atoms with Crippen LogP contribution in [0.15, 0.2) is 0 Å². The summed E-state index contributed by atoms with van der Waals surface area (Å²) in [6.07, 6.45) is 0.0255. The van der Waals surface area contributed by atoms with Crippen LogP contribution in [0, 0.1) is 11.3 Å². The number of rotatable bonds is 3. The van der Waals surface area contributed by atoms with Gasteiger partial charge in [0.25, 0.3) is 0 Å². The van der Waals surface area contributed by atoms with Crippen LogP contribution in [0.2, 0.25) is 0 Å². The lowest BCUT2D eigenvalue weighted by molar-refractivity contribution is -0.332. The summed E-state index contributed by atoms with van der Waals surface area (Å²) in [6, 6.07) is 0. The smallest absolute Gasteiger partial charge is 0.0501 e. The zero-order valence-corrected chi connectivity index (χ0v) is 7.42. The molecule has 0 N–H and O–H groups in total. The Morgan fingerprint density at radius 2 is 1.50 bits per heavy atom. The van der Waals surface area contributed by atoms with Gasteiger partial charge in [-0.15, -0.1) is 0 Å². The van der Waals surface area contributed by atoms with Crippen LogP contribution in [0.5, 0.6) is 0 Å². The molecular weight excluding hydrogens is 160 g/mol. The monoisotopic (exact) mass is 172 g/mol. The first-order chi connectivity index (χ1) is 5.24. The maximum Gasteiger partial charge on any atom is 0.0501 e. The van der Waals surface area contributed by atoms with Gasteiger partial charge in [-0.3, -0.25) is 0 Å². The molecule has 0 saturated carbocycles. The maximum atomic E-state index is 10.3. The highest BCUT2D eigenvalue weighted by Gasteiger charge is 2.20. The first-order valence-electron chi connectivity index (χ1n) is 3.66. The molecule has 0 amide bonds. The highest BCUT2D eigenvalue weighted by atomic mass is 16.4. The summed E-state index contributed by atoms with van der Waals surface area (Å²) in [7, 11) is 0. The van der Waals surface area contributed by atoms with E-state index >= 15 is 0 Å². The van der Waals surface area contributed by atoms with Gasteiger partial charge < -0.3 is 19.8 Å². The number of hydrogen-bond donors (Lipinski definition) is 0. The van der Waals surface area contributed by atoms with Gasteiger partial charge >= 0.3 is 0 Å². The Morgan fingerprint density at radius 1 is 1.17 bits per heavy atom. The second-order valence-electron chi connectivity index (χ2n) is 3.96. The minimum Gasteiger partial charge on any atom is -0.549 e. The van der Waals surface area contributed by atoms with Gasteiger partial charge in [0.2, 0.25) is 0 Å². The van der Waals surface area contributed by atoms with Crippen LogP contribution in [0.1, 0.15) is 27.2 Å². The molecule has 0 fully saturated rings. The van der Waals surface area contributed by atoms with Crippen molar-refractivity contribution in [1.82, 2.24) is 0 Å². The standard InChI is InChI=1S/C8H14O4/c1-8(2,3)4-5(6(9)10)7(11)12/h5H,4H2,1-3H3,(H,9,10)(H,11,12)/p-2. The molecule has 0 aliphatic carbocycles. The Labute approximate surface area is 71.2 Å². The molecule has 70 valence electrons. The van der Waals surface area contributed by atoms with Crippen LogP contribution in [-0.2, 0) is 9.59 Å². The number of hydrogen-bond acceptors (Lipinski definition) is 4. The number of carbonyl (C=O) groups excluding carboxylic acids is 2. The van der Waals surface area contributed by atoms with E-state index in [0.29, 0.717) is 0 Å². The van der Waals surface area contributed by atoms with Gasteiger partial charge in [0, 0.05) is 5.92 Å². The zero-order chi connectivity index (χ0) is 9.94. The molecule has 0 atom stereocenters. The molecule has 0 unspecified atom stereocenters. The summed E-state index contributed by atoms with van der Waals surface area (Å²) in [5, 5.41) is 20.6. The third-order valence-corrected chi connectivity index (χ3v) is 1.39. The second kappa shape index (κ2) is 3.56. The van der Waals surface area contributed by atoms with Gasteiger partial charge in [0.1, 0.15) is 0 Å². The van der Waals surface area contributed by atoms with Crippen LogP contribution in [0.3, 0.4) is 0 Å². The molecule has 0 aromatic rings.